The number of nitrogens with one attached hydrogen (secondary N) is 1. The van der Waals surface area contributed by atoms with Crippen molar-refractivity contribution in [2.45, 2.75) is 17.7 Å². The minimum absolute atomic E-state index is 0.217. The van der Waals surface area contributed by atoms with Crippen LogP contribution in [-0.2, 0) is 4.79 Å². The third kappa shape index (κ3) is 6.96. The van der Waals surface area contributed by atoms with E-state index in [1.807, 2.05) is 24.3 Å². The van der Waals surface area contributed by atoms with Crippen molar-refractivity contribution in [3.8, 4) is 11.5 Å². The summed E-state index contributed by atoms with van der Waals surface area (Å²) in [5.41, 5.74) is 0.411. The van der Waals surface area contributed by atoms with Crippen molar-refractivity contribution in [2.24, 2.45) is 0 Å². The highest BCUT2D eigenvalue weighted by Crippen LogP contribution is 2.24. The van der Waals surface area contributed by atoms with Gasteiger partial charge in [0.25, 0.3) is 0 Å². The number of amides is 1. The number of rotatable bonds is 7. The summed E-state index contributed by atoms with van der Waals surface area (Å²) in [4.78, 5) is 12.9. The summed E-state index contributed by atoms with van der Waals surface area (Å²) in [6.07, 6.45) is -4.46. The molecule has 0 fully saturated rings. The largest absolute Gasteiger partial charge is 0.573 e. The monoisotopic (exact) mass is 371 g/mol. The Morgan fingerprint density at radius 3 is 2.20 bits per heavy atom. The topological polar surface area (TPSA) is 47.6 Å². The second-order valence-electron chi connectivity index (χ2n) is 4.89. The summed E-state index contributed by atoms with van der Waals surface area (Å²) in [6, 6.07) is 12.5. The molecule has 0 atom stereocenters. The third-order valence-corrected chi connectivity index (χ3v) is 4.04. The Labute approximate surface area is 147 Å². The van der Waals surface area contributed by atoms with Crippen molar-refractivity contribution in [1.29, 1.82) is 0 Å². The minimum atomic E-state index is -4.73. The van der Waals surface area contributed by atoms with Crippen LogP contribution in [0.3, 0.4) is 0 Å². The van der Waals surface area contributed by atoms with Crippen LogP contribution in [-0.4, -0.2) is 25.1 Å². The molecule has 0 saturated heterocycles. The summed E-state index contributed by atoms with van der Waals surface area (Å²) >= 11 is 1.53. The molecule has 0 heterocycles. The van der Waals surface area contributed by atoms with Gasteiger partial charge in [-0.15, -0.1) is 24.9 Å². The van der Waals surface area contributed by atoms with Gasteiger partial charge in [-0.25, -0.2) is 0 Å². The number of carbonyl (C=O) groups excluding carboxylic acids is 1. The van der Waals surface area contributed by atoms with Crippen LogP contribution in [0, 0.1) is 0 Å². The minimum Gasteiger partial charge on any atom is -0.497 e. The molecule has 2 aromatic rings. The number of anilines is 1. The number of alkyl halides is 3. The Morgan fingerprint density at radius 1 is 1.04 bits per heavy atom. The Hall–Kier alpha value is -2.35. The number of hydrogen-bond donors (Lipinski definition) is 1. The number of methoxy groups -OCH3 is 1. The predicted octanol–water partition coefficient (Wildman–Crippen LogP) is 4.71. The first-order chi connectivity index (χ1) is 11.9. The van der Waals surface area contributed by atoms with Gasteiger partial charge >= 0.3 is 6.36 Å². The van der Waals surface area contributed by atoms with E-state index < -0.39 is 6.36 Å². The van der Waals surface area contributed by atoms with Crippen molar-refractivity contribution in [1.82, 2.24) is 0 Å². The maximum Gasteiger partial charge on any atom is 0.573 e. The van der Waals surface area contributed by atoms with E-state index in [2.05, 4.69) is 10.1 Å². The number of ether oxygens (including phenoxy) is 2. The molecule has 134 valence electrons. The Morgan fingerprint density at radius 2 is 1.64 bits per heavy atom. The summed E-state index contributed by atoms with van der Waals surface area (Å²) in [5.74, 6) is 0.791. The third-order valence-electron chi connectivity index (χ3n) is 3.03. The first-order valence-corrected chi connectivity index (χ1v) is 8.27. The molecule has 0 saturated carbocycles. The highest BCUT2D eigenvalue weighted by atomic mass is 32.2. The van der Waals surface area contributed by atoms with Gasteiger partial charge in [-0.2, -0.15) is 0 Å². The van der Waals surface area contributed by atoms with Crippen LogP contribution in [0.25, 0.3) is 0 Å². The second-order valence-corrected chi connectivity index (χ2v) is 6.06. The van der Waals surface area contributed by atoms with E-state index in [9.17, 15) is 18.0 Å². The quantitative estimate of drug-likeness (QED) is 0.716. The highest BCUT2D eigenvalue weighted by molar-refractivity contribution is 7.99. The van der Waals surface area contributed by atoms with E-state index in [0.717, 1.165) is 22.8 Å². The second kappa shape index (κ2) is 8.66. The number of hydrogen-bond acceptors (Lipinski definition) is 4. The molecule has 1 N–H and O–H groups in total. The van der Waals surface area contributed by atoms with E-state index >= 15 is 0 Å². The van der Waals surface area contributed by atoms with E-state index in [0.29, 0.717) is 11.4 Å². The molecule has 0 unspecified atom stereocenters. The van der Waals surface area contributed by atoms with Crippen molar-refractivity contribution < 1.29 is 27.4 Å². The predicted molar refractivity (Wildman–Crippen MR) is 90.1 cm³/mol. The molecule has 0 bridgehead atoms. The number of thioether (sulfide) groups is 1. The fraction of sp³-hybridized carbons (Fsp3) is 0.235. The highest BCUT2D eigenvalue weighted by Gasteiger charge is 2.30. The molecule has 0 aromatic heterocycles. The molecular formula is C17H16F3NO3S. The fourth-order valence-corrected chi connectivity index (χ4v) is 2.75. The van der Waals surface area contributed by atoms with Crippen LogP contribution in [0.5, 0.6) is 11.5 Å². The summed E-state index contributed by atoms with van der Waals surface area (Å²) in [6.45, 7) is 0. The molecule has 0 aliphatic carbocycles. The Bertz CT molecular complexity index is 688. The van der Waals surface area contributed by atoms with Crippen molar-refractivity contribution in [3.05, 3.63) is 48.5 Å². The van der Waals surface area contributed by atoms with E-state index in [-0.39, 0.29) is 18.1 Å². The number of benzene rings is 2. The molecule has 0 aliphatic heterocycles. The van der Waals surface area contributed by atoms with E-state index in [1.165, 1.54) is 23.9 Å². The lowest BCUT2D eigenvalue weighted by molar-refractivity contribution is -0.274. The van der Waals surface area contributed by atoms with Crippen molar-refractivity contribution in [3.63, 3.8) is 0 Å². The first kappa shape index (κ1) is 19.0. The van der Waals surface area contributed by atoms with Gasteiger partial charge in [0.1, 0.15) is 11.5 Å². The van der Waals surface area contributed by atoms with E-state index in [1.54, 1.807) is 7.11 Å². The zero-order valence-corrected chi connectivity index (χ0v) is 14.1. The molecule has 25 heavy (non-hydrogen) atoms. The summed E-state index contributed by atoms with van der Waals surface area (Å²) in [7, 11) is 1.59. The van der Waals surface area contributed by atoms with Gasteiger partial charge in [-0.3, -0.25) is 4.79 Å². The van der Waals surface area contributed by atoms with Gasteiger partial charge in [0.2, 0.25) is 5.91 Å². The molecule has 4 nitrogen and oxygen atoms in total. The van der Waals surface area contributed by atoms with Crippen LogP contribution in [0.2, 0.25) is 0 Å². The lowest BCUT2D eigenvalue weighted by atomic mass is 10.3. The Balaban J connectivity index is 1.76. The zero-order valence-electron chi connectivity index (χ0n) is 13.3. The molecule has 2 aromatic carbocycles. The fourth-order valence-electron chi connectivity index (χ4n) is 1.90. The molecule has 0 radical (unpaired) electrons. The van der Waals surface area contributed by atoms with Gasteiger partial charge in [0.05, 0.1) is 7.11 Å². The summed E-state index contributed by atoms with van der Waals surface area (Å²) in [5, 5.41) is 2.63. The lowest BCUT2D eigenvalue weighted by Gasteiger charge is -2.10. The lowest BCUT2D eigenvalue weighted by Crippen LogP contribution is -2.17. The normalized spacial score (nSPS) is 11.0. The summed E-state index contributed by atoms with van der Waals surface area (Å²) < 4.78 is 45.1. The number of halogens is 3. The van der Waals surface area contributed by atoms with Crippen LogP contribution in [0.4, 0.5) is 18.9 Å². The SMILES string of the molecule is COc1ccc(SCCC(=O)Nc2ccc(OC(F)(F)F)cc2)cc1. The zero-order chi connectivity index (χ0) is 18.3. The van der Waals surface area contributed by atoms with Gasteiger partial charge in [-0.05, 0) is 48.5 Å². The smallest absolute Gasteiger partial charge is 0.497 e. The van der Waals surface area contributed by atoms with Crippen molar-refractivity contribution in [2.75, 3.05) is 18.2 Å². The van der Waals surface area contributed by atoms with Gasteiger partial charge in [0.15, 0.2) is 0 Å². The van der Waals surface area contributed by atoms with Gasteiger partial charge < -0.3 is 14.8 Å². The molecular weight excluding hydrogens is 355 g/mol. The average molecular weight is 371 g/mol. The van der Waals surface area contributed by atoms with Gasteiger partial charge in [0, 0.05) is 22.8 Å². The van der Waals surface area contributed by atoms with Crippen molar-refractivity contribution >= 4 is 23.4 Å². The van der Waals surface area contributed by atoms with Crippen LogP contribution in [0.1, 0.15) is 6.42 Å². The van der Waals surface area contributed by atoms with Gasteiger partial charge in [-0.1, -0.05) is 0 Å². The average Bonchev–Trinajstić information content (AvgIpc) is 2.56. The van der Waals surface area contributed by atoms with Crippen LogP contribution >= 0.6 is 11.8 Å². The maximum absolute atomic E-state index is 12.1. The Kier molecular flexibility index (Phi) is 6.58. The van der Waals surface area contributed by atoms with Crippen LogP contribution in [0.15, 0.2) is 53.4 Å². The van der Waals surface area contributed by atoms with Crippen LogP contribution < -0.4 is 14.8 Å². The molecule has 2 rings (SSSR count). The molecule has 0 aliphatic rings. The molecule has 0 spiro atoms. The molecule has 8 heteroatoms. The van der Waals surface area contributed by atoms with E-state index in [4.69, 9.17) is 4.74 Å². The number of carbonyl (C=O) groups is 1. The standard InChI is InChI=1S/C17H16F3NO3S/c1-23-13-6-8-15(9-7-13)25-11-10-16(22)21-12-2-4-14(5-3-12)24-17(18,19)20/h2-9H,10-11H2,1H3,(H,21,22). The molecule has 1 amide bonds. The first-order valence-electron chi connectivity index (χ1n) is 7.28. The maximum atomic E-state index is 12.1.